The number of amides is 3. The Bertz CT molecular complexity index is 731. The Morgan fingerprint density at radius 1 is 1.42 bits per heavy atom. The van der Waals surface area contributed by atoms with Crippen molar-refractivity contribution in [2.45, 2.75) is 25.9 Å². The molecule has 2 aromatic rings. The molecule has 0 saturated carbocycles. The van der Waals surface area contributed by atoms with Crippen LogP contribution in [0.15, 0.2) is 35.8 Å². The van der Waals surface area contributed by atoms with Gasteiger partial charge in [0.2, 0.25) is 5.91 Å². The van der Waals surface area contributed by atoms with Crippen molar-refractivity contribution in [3.63, 3.8) is 0 Å². The summed E-state index contributed by atoms with van der Waals surface area (Å²) in [5.74, 6) is 0.0347. The molecule has 24 heavy (non-hydrogen) atoms. The number of urea groups is 1. The van der Waals surface area contributed by atoms with Gasteiger partial charge in [0.05, 0.1) is 23.8 Å². The summed E-state index contributed by atoms with van der Waals surface area (Å²) in [6.07, 6.45) is 0.327. The number of hydrogen-bond acceptors (Lipinski definition) is 4. The lowest BCUT2D eigenvalue weighted by molar-refractivity contribution is -0.117. The van der Waals surface area contributed by atoms with Gasteiger partial charge in [-0.25, -0.2) is 9.78 Å². The molecule has 1 N–H and O–H groups in total. The Kier molecular flexibility index (Phi) is 4.80. The molecule has 1 aliphatic heterocycles. The Morgan fingerprint density at radius 2 is 2.17 bits per heavy atom. The molecule has 7 heteroatoms. The number of aromatic nitrogens is 1. The van der Waals surface area contributed by atoms with Gasteiger partial charge in [-0.2, -0.15) is 0 Å². The minimum absolute atomic E-state index is 0.0347. The van der Waals surface area contributed by atoms with Crippen molar-refractivity contribution in [1.29, 1.82) is 0 Å². The molecule has 0 radical (unpaired) electrons. The first-order valence-corrected chi connectivity index (χ1v) is 8.68. The number of aryl methyl sites for hydroxylation is 1. The first-order valence-electron chi connectivity index (χ1n) is 7.80. The van der Waals surface area contributed by atoms with Crippen LogP contribution < -0.4 is 10.2 Å². The maximum Gasteiger partial charge on any atom is 0.317 e. The molecular formula is C17H20N4O2S. The maximum absolute atomic E-state index is 12.4. The largest absolute Gasteiger partial charge is 0.333 e. The van der Waals surface area contributed by atoms with Crippen LogP contribution in [0, 0.1) is 6.92 Å². The van der Waals surface area contributed by atoms with Crippen molar-refractivity contribution in [2.24, 2.45) is 0 Å². The fourth-order valence-corrected chi connectivity index (χ4v) is 3.54. The van der Waals surface area contributed by atoms with Crippen LogP contribution >= 0.6 is 11.3 Å². The molecule has 0 aliphatic carbocycles. The quantitative estimate of drug-likeness (QED) is 0.926. The highest BCUT2D eigenvalue weighted by Gasteiger charge is 2.32. The van der Waals surface area contributed by atoms with Gasteiger partial charge in [-0.1, -0.05) is 18.2 Å². The molecule has 126 valence electrons. The van der Waals surface area contributed by atoms with Crippen LogP contribution in [0.3, 0.4) is 0 Å². The van der Waals surface area contributed by atoms with E-state index in [0.29, 0.717) is 19.5 Å². The average Bonchev–Trinajstić information content (AvgIpc) is 3.14. The minimum atomic E-state index is -0.171. The van der Waals surface area contributed by atoms with Crippen molar-refractivity contribution in [3.05, 3.63) is 46.4 Å². The zero-order valence-corrected chi connectivity index (χ0v) is 14.5. The van der Waals surface area contributed by atoms with Gasteiger partial charge in [0, 0.05) is 30.6 Å². The minimum Gasteiger partial charge on any atom is -0.333 e. The third kappa shape index (κ3) is 3.56. The number of rotatable bonds is 4. The van der Waals surface area contributed by atoms with Gasteiger partial charge in [-0.15, -0.1) is 11.3 Å². The SMILES string of the molecule is Cc1ncsc1CN(C)C(=O)NC1CC(=O)N(c2ccccc2)C1. The van der Waals surface area contributed by atoms with Gasteiger partial charge in [-0.05, 0) is 19.1 Å². The number of anilines is 1. The molecule has 0 spiro atoms. The first-order chi connectivity index (χ1) is 11.5. The van der Waals surface area contributed by atoms with Gasteiger partial charge >= 0.3 is 6.03 Å². The first kappa shape index (κ1) is 16.4. The summed E-state index contributed by atoms with van der Waals surface area (Å²) in [5, 5.41) is 2.95. The molecule has 1 unspecified atom stereocenters. The smallest absolute Gasteiger partial charge is 0.317 e. The molecule has 1 fully saturated rings. The molecular weight excluding hydrogens is 324 g/mol. The zero-order valence-electron chi connectivity index (χ0n) is 13.7. The lowest BCUT2D eigenvalue weighted by Gasteiger charge is -2.21. The molecule has 0 bridgehead atoms. The predicted molar refractivity (Wildman–Crippen MR) is 94.0 cm³/mol. The number of benzene rings is 1. The second kappa shape index (κ2) is 7.00. The number of nitrogens with one attached hydrogen (secondary N) is 1. The van der Waals surface area contributed by atoms with E-state index in [4.69, 9.17) is 0 Å². The van der Waals surface area contributed by atoms with Crippen molar-refractivity contribution in [2.75, 3.05) is 18.5 Å². The van der Waals surface area contributed by atoms with E-state index in [2.05, 4.69) is 10.3 Å². The molecule has 6 nitrogen and oxygen atoms in total. The highest BCUT2D eigenvalue weighted by molar-refractivity contribution is 7.09. The van der Waals surface area contributed by atoms with E-state index in [1.807, 2.05) is 37.3 Å². The van der Waals surface area contributed by atoms with Crippen LogP contribution in [0.1, 0.15) is 17.0 Å². The maximum atomic E-state index is 12.4. The topological polar surface area (TPSA) is 65.5 Å². The average molecular weight is 344 g/mol. The number of carbonyl (C=O) groups is 2. The summed E-state index contributed by atoms with van der Waals surface area (Å²) in [7, 11) is 1.75. The zero-order chi connectivity index (χ0) is 17.1. The Labute approximate surface area is 145 Å². The molecule has 1 aromatic carbocycles. The number of nitrogens with zero attached hydrogens (tertiary/aromatic N) is 3. The third-order valence-electron chi connectivity index (χ3n) is 4.09. The standard InChI is InChI=1S/C17H20N4O2S/c1-12-15(24-11-18-12)10-20(2)17(23)19-13-8-16(22)21(9-13)14-6-4-3-5-7-14/h3-7,11,13H,8-10H2,1-2H3,(H,19,23). The van der Waals surface area contributed by atoms with Crippen molar-refractivity contribution in [1.82, 2.24) is 15.2 Å². The van der Waals surface area contributed by atoms with E-state index in [9.17, 15) is 9.59 Å². The van der Waals surface area contributed by atoms with E-state index in [0.717, 1.165) is 16.3 Å². The summed E-state index contributed by atoms with van der Waals surface area (Å²) in [4.78, 5) is 33.2. The molecule has 1 atom stereocenters. The lowest BCUT2D eigenvalue weighted by atomic mass is 10.2. The second-order valence-corrected chi connectivity index (χ2v) is 6.85. The predicted octanol–water partition coefficient (Wildman–Crippen LogP) is 2.40. The summed E-state index contributed by atoms with van der Waals surface area (Å²) in [5.41, 5.74) is 3.60. The van der Waals surface area contributed by atoms with Gasteiger partial charge in [0.25, 0.3) is 0 Å². The van der Waals surface area contributed by atoms with Crippen LogP contribution in [0.4, 0.5) is 10.5 Å². The highest BCUT2D eigenvalue weighted by atomic mass is 32.1. The van der Waals surface area contributed by atoms with Crippen LogP contribution in [-0.4, -0.2) is 41.5 Å². The molecule has 2 heterocycles. The normalized spacial score (nSPS) is 17.2. The van der Waals surface area contributed by atoms with Crippen molar-refractivity contribution < 1.29 is 9.59 Å². The van der Waals surface area contributed by atoms with Crippen LogP contribution in [0.5, 0.6) is 0 Å². The summed E-state index contributed by atoms with van der Waals surface area (Å²) in [6, 6.07) is 9.19. The monoisotopic (exact) mass is 344 g/mol. The Balaban J connectivity index is 1.57. The van der Waals surface area contributed by atoms with Gasteiger partial charge in [0.15, 0.2) is 0 Å². The van der Waals surface area contributed by atoms with E-state index in [1.54, 1.807) is 33.7 Å². The highest BCUT2D eigenvalue weighted by Crippen LogP contribution is 2.21. The van der Waals surface area contributed by atoms with E-state index >= 15 is 0 Å². The molecule has 1 aromatic heterocycles. The van der Waals surface area contributed by atoms with Crippen LogP contribution in [0.2, 0.25) is 0 Å². The molecule has 3 amide bonds. The van der Waals surface area contributed by atoms with Gasteiger partial charge < -0.3 is 15.1 Å². The summed E-state index contributed by atoms with van der Waals surface area (Å²) in [6.45, 7) is 2.96. The summed E-state index contributed by atoms with van der Waals surface area (Å²) < 4.78 is 0. The molecule has 1 aliphatic rings. The fraction of sp³-hybridized carbons (Fsp3) is 0.353. The van der Waals surface area contributed by atoms with E-state index in [-0.39, 0.29) is 18.0 Å². The van der Waals surface area contributed by atoms with Crippen molar-refractivity contribution >= 4 is 29.0 Å². The fourth-order valence-electron chi connectivity index (χ4n) is 2.71. The Hall–Kier alpha value is -2.41. The molecule has 3 rings (SSSR count). The number of hydrogen-bond donors (Lipinski definition) is 1. The number of para-hydroxylation sites is 1. The number of carbonyl (C=O) groups excluding carboxylic acids is 2. The van der Waals surface area contributed by atoms with Crippen LogP contribution in [0.25, 0.3) is 0 Å². The van der Waals surface area contributed by atoms with E-state index < -0.39 is 0 Å². The third-order valence-corrected chi connectivity index (χ3v) is 5.01. The van der Waals surface area contributed by atoms with Gasteiger partial charge in [-0.3, -0.25) is 4.79 Å². The van der Waals surface area contributed by atoms with Gasteiger partial charge in [0.1, 0.15) is 0 Å². The molecule has 1 saturated heterocycles. The van der Waals surface area contributed by atoms with E-state index in [1.165, 1.54) is 0 Å². The number of thiazole rings is 1. The van der Waals surface area contributed by atoms with Crippen molar-refractivity contribution in [3.8, 4) is 0 Å². The lowest BCUT2D eigenvalue weighted by Crippen LogP contribution is -2.43. The second-order valence-electron chi connectivity index (χ2n) is 5.91. The Morgan fingerprint density at radius 3 is 2.83 bits per heavy atom. The summed E-state index contributed by atoms with van der Waals surface area (Å²) >= 11 is 1.54. The van der Waals surface area contributed by atoms with Crippen LogP contribution in [-0.2, 0) is 11.3 Å².